The molecule has 0 aliphatic heterocycles. The van der Waals surface area contributed by atoms with E-state index in [2.05, 4.69) is 4.89 Å². The standard InChI is InChI=1S/C8H6F10O3/c9-1-5(2-10,4(19)21-20)3(11)6(12,7(13,14)15)8(16,17)18/h3,20H,1-2H2. The minimum absolute atomic E-state index is 2.58. The monoisotopic (exact) mass is 340 g/mol. The maximum atomic E-state index is 13.5. The lowest BCUT2D eigenvalue weighted by molar-refractivity contribution is -0.368. The normalized spacial score (nSPS) is 15.8. The molecule has 1 unspecified atom stereocenters. The van der Waals surface area contributed by atoms with Crippen molar-refractivity contribution in [3.8, 4) is 0 Å². The third kappa shape index (κ3) is 2.87. The summed E-state index contributed by atoms with van der Waals surface area (Å²) in [7, 11) is 0. The maximum Gasteiger partial charge on any atom is 0.434 e. The number of hydrogen-bond donors (Lipinski definition) is 1. The van der Waals surface area contributed by atoms with Gasteiger partial charge in [0, 0.05) is 0 Å². The highest BCUT2D eigenvalue weighted by atomic mass is 19.4. The Kier molecular flexibility index (Phi) is 5.49. The summed E-state index contributed by atoms with van der Waals surface area (Å²) in [4.78, 5) is 13.3. The Morgan fingerprint density at radius 3 is 1.48 bits per heavy atom. The van der Waals surface area contributed by atoms with E-state index in [0.29, 0.717) is 0 Å². The van der Waals surface area contributed by atoms with Crippen LogP contribution in [0.25, 0.3) is 0 Å². The van der Waals surface area contributed by atoms with Gasteiger partial charge in [-0.2, -0.15) is 31.6 Å². The van der Waals surface area contributed by atoms with Crippen molar-refractivity contribution in [2.75, 3.05) is 13.3 Å². The molecule has 0 spiro atoms. The average Bonchev–Trinajstić information content (AvgIpc) is 2.36. The van der Waals surface area contributed by atoms with E-state index in [0.717, 1.165) is 0 Å². The van der Waals surface area contributed by atoms with E-state index in [-0.39, 0.29) is 0 Å². The van der Waals surface area contributed by atoms with Gasteiger partial charge in [0.25, 0.3) is 0 Å². The van der Waals surface area contributed by atoms with Crippen LogP contribution in [-0.4, -0.2) is 48.8 Å². The highest BCUT2D eigenvalue weighted by Gasteiger charge is 2.81. The average molecular weight is 340 g/mol. The topological polar surface area (TPSA) is 46.5 Å². The van der Waals surface area contributed by atoms with Crippen molar-refractivity contribution < 1.29 is 58.8 Å². The summed E-state index contributed by atoms with van der Waals surface area (Å²) < 4.78 is 125. The molecule has 13 heteroatoms. The molecule has 0 rings (SSSR count). The maximum absolute atomic E-state index is 13.5. The van der Waals surface area contributed by atoms with Crippen LogP contribution in [0.5, 0.6) is 0 Å². The molecular weight excluding hydrogens is 334 g/mol. The van der Waals surface area contributed by atoms with Crippen LogP contribution in [0.4, 0.5) is 43.9 Å². The lowest BCUT2D eigenvalue weighted by Crippen LogP contribution is -2.66. The predicted octanol–water partition coefficient (Wildman–Crippen LogP) is 3.10. The summed E-state index contributed by atoms with van der Waals surface area (Å²) in [5.41, 5.74) is -11.2. The second kappa shape index (κ2) is 5.85. The van der Waals surface area contributed by atoms with Crippen LogP contribution < -0.4 is 0 Å². The van der Waals surface area contributed by atoms with Crippen molar-refractivity contribution in [1.29, 1.82) is 0 Å². The zero-order valence-electron chi connectivity index (χ0n) is 9.53. The fourth-order valence-electron chi connectivity index (χ4n) is 1.30. The van der Waals surface area contributed by atoms with E-state index < -0.39 is 48.9 Å². The van der Waals surface area contributed by atoms with Gasteiger partial charge in [-0.15, -0.1) is 0 Å². The second-order valence-corrected chi connectivity index (χ2v) is 3.87. The number of alkyl halides is 10. The molecule has 0 amide bonds. The van der Waals surface area contributed by atoms with E-state index in [1.807, 2.05) is 0 Å². The molecule has 0 saturated carbocycles. The molecule has 0 saturated heterocycles. The van der Waals surface area contributed by atoms with Gasteiger partial charge in [-0.1, -0.05) is 0 Å². The summed E-state index contributed by atoms with van der Waals surface area (Å²) in [6, 6.07) is 0. The van der Waals surface area contributed by atoms with E-state index in [1.165, 1.54) is 0 Å². The number of hydrogen-bond acceptors (Lipinski definition) is 3. The molecule has 0 aromatic rings. The first kappa shape index (κ1) is 19.7. The lowest BCUT2D eigenvalue weighted by atomic mass is 9.76. The Morgan fingerprint density at radius 1 is 0.952 bits per heavy atom. The van der Waals surface area contributed by atoms with Crippen molar-refractivity contribution >= 4 is 5.97 Å². The van der Waals surface area contributed by atoms with Gasteiger partial charge >= 0.3 is 24.0 Å². The number of halogens is 10. The van der Waals surface area contributed by atoms with Gasteiger partial charge in [-0.25, -0.2) is 22.4 Å². The molecule has 3 nitrogen and oxygen atoms in total. The minimum atomic E-state index is -6.99. The van der Waals surface area contributed by atoms with Crippen molar-refractivity contribution in [2.45, 2.75) is 24.2 Å². The van der Waals surface area contributed by atoms with Gasteiger partial charge in [0.2, 0.25) is 0 Å². The van der Waals surface area contributed by atoms with Crippen molar-refractivity contribution in [1.82, 2.24) is 0 Å². The zero-order valence-corrected chi connectivity index (χ0v) is 9.53. The van der Waals surface area contributed by atoms with Gasteiger partial charge < -0.3 is 4.89 Å². The van der Waals surface area contributed by atoms with Crippen LogP contribution in [0.2, 0.25) is 0 Å². The van der Waals surface area contributed by atoms with Crippen LogP contribution in [0.1, 0.15) is 0 Å². The van der Waals surface area contributed by atoms with E-state index in [4.69, 9.17) is 5.26 Å². The Labute approximate surface area is 109 Å². The van der Waals surface area contributed by atoms with Crippen LogP contribution in [0.3, 0.4) is 0 Å². The Bertz CT molecular complexity index is 357. The molecule has 126 valence electrons. The molecule has 0 aromatic heterocycles. The SMILES string of the molecule is O=C(OO)C(CF)(CF)C(F)C(F)(C(F)(F)F)C(F)(F)F. The van der Waals surface area contributed by atoms with Gasteiger partial charge in [-0.05, 0) is 0 Å². The first-order valence-corrected chi connectivity index (χ1v) is 4.70. The molecular formula is C8H6F10O3. The van der Waals surface area contributed by atoms with Gasteiger partial charge in [-0.3, -0.25) is 0 Å². The summed E-state index contributed by atoms with van der Waals surface area (Å²) in [5.74, 6) is -2.87. The van der Waals surface area contributed by atoms with E-state index >= 15 is 0 Å². The Balaban J connectivity index is 6.23. The summed E-state index contributed by atoms with van der Waals surface area (Å²) in [6.07, 6.45) is -19.1. The molecule has 1 N–H and O–H groups in total. The molecule has 1 atom stereocenters. The largest absolute Gasteiger partial charge is 0.434 e. The highest BCUT2D eigenvalue weighted by Crippen LogP contribution is 2.53. The number of carbonyl (C=O) groups excluding carboxylic acids is 1. The highest BCUT2D eigenvalue weighted by molar-refractivity contribution is 5.77. The number of rotatable bonds is 5. The van der Waals surface area contributed by atoms with Crippen LogP contribution in [0.15, 0.2) is 0 Å². The van der Waals surface area contributed by atoms with E-state index in [1.54, 1.807) is 0 Å². The molecule has 21 heavy (non-hydrogen) atoms. The molecule has 0 aliphatic carbocycles. The lowest BCUT2D eigenvalue weighted by Gasteiger charge is -2.38. The van der Waals surface area contributed by atoms with Crippen molar-refractivity contribution in [3.05, 3.63) is 0 Å². The van der Waals surface area contributed by atoms with Gasteiger partial charge in [0.15, 0.2) is 11.6 Å². The first-order chi connectivity index (χ1) is 9.26. The molecule has 0 fully saturated rings. The van der Waals surface area contributed by atoms with Crippen LogP contribution >= 0.6 is 0 Å². The van der Waals surface area contributed by atoms with Gasteiger partial charge in [0.1, 0.15) is 13.3 Å². The number of carbonyl (C=O) groups is 1. The fourth-order valence-corrected chi connectivity index (χ4v) is 1.30. The molecule has 0 aliphatic rings. The summed E-state index contributed by atoms with van der Waals surface area (Å²) >= 11 is 0. The van der Waals surface area contributed by atoms with Crippen molar-refractivity contribution in [3.63, 3.8) is 0 Å². The quantitative estimate of drug-likeness (QED) is 0.475. The fraction of sp³-hybridized carbons (Fsp3) is 0.875. The van der Waals surface area contributed by atoms with Crippen molar-refractivity contribution in [2.24, 2.45) is 5.41 Å². The smallest absolute Gasteiger partial charge is 0.300 e. The molecule has 0 heterocycles. The third-order valence-electron chi connectivity index (χ3n) is 2.63. The predicted molar refractivity (Wildman–Crippen MR) is 43.9 cm³/mol. The minimum Gasteiger partial charge on any atom is -0.300 e. The molecule has 0 bridgehead atoms. The Hall–Kier alpha value is -1.27. The first-order valence-electron chi connectivity index (χ1n) is 4.70. The van der Waals surface area contributed by atoms with Crippen LogP contribution in [0, 0.1) is 5.41 Å². The summed E-state index contributed by atoms with van der Waals surface area (Å²) in [6.45, 7) is -5.66. The molecule has 0 radical (unpaired) electrons. The van der Waals surface area contributed by atoms with E-state index in [9.17, 15) is 48.7 Å². The summed E-state index contributed by atoms with van der Waals surface area (Å²) in [5, 5.41) is 7.82. The third-order valence-corrected chi connectivity index (χ3v) is 2.63. The second-order valence-electron chi connectivity index (χ2n) is 3.87. The zero-order chi connectivity index (χ0) is 17.3. The van der Waals surface area contributed by atoms with Crippen LogP contribution in [-0.2, 0) is 9.68 Å². The van der Waals surface area contributed by atoms with Gasteiger partial charge in [0.05, 0.1) is 0 Å². The molecule has 0 aromatic carbocycles. The Morgan fingerprint density at radius 2 is 1.29 bits per heavy atom.